The maximum atomic E-state index is 12.3. The quantitative estimate of drug-likeness (QED) is 0.772. The highest BCUT2D eigenvalue weighted by molar-refractivity contribution is 5.97. The molecule has 0 bridgehead atoms. The van der Waals surface area contributed by atoms with Crippen LogP contribution >= 0.6 is 0 Å². The summed E-state index contributed by atoms with van der Waals surface area (Å²) >= 11 is 0. The molecule has 1 atom stereocenters. The van der Waals surface area contributed by atoms with Gasteiger partial charge in [-0.25, -0.2) is 4.79 Å². The van der Waals surface area contributed by atoms with E-state index < -0.39 is 12.1 Å². The first-order chi connectivity index (χ1) is 13.6. The smallest absolute Gasteiger partial charge is 0.338 e. The summed E-state index contributed by atoms with van der Waals surface area (Å²) < 4.78 is 15.7. The third kappa shape index (κ3) is 5.01. The summed E-state index contributed by atoms with van der Waals surface area (Å²) in [4.78, 5) is 26.7. The minimum Gasteiger partial charge on any atom is -0.497 e. The van der Waals surface area contributed by atoms with Crippen molar-refractivity contribution in [3.8, 4) is 5.75 Å². The second-order valence-electron chi connectivity index (χ2n) is 6.41. The van der Waals surface area contributed by atoms with Crippen LogP contribution in [0.1, 0.15) is 17.3 Å². The van der Waals surface area contributed by atoms with Crippen LogP contribution in [0.4, 0.5) is 11.4 Å². The van der Waals surface area contributed by atoms with Crippen molar-refractivity contribution >= 4 is 23.3 Å². The van der Waals surface area contributed by atoms with Gasteiger partial charge in [0.1, 0.15) is 5.75 Å². The second kappa shape index (κ2) is 9.23. The van der Waals surface area contributed by atoms with E-state index in [1.165, 1.54) is 0 Å². The fourth-order valence-electron chi connectivity index (χ4n) is 2.83. The Bertz CT molecular complexity index is 799. The van der Waals surface area contributed by atoms with Crippen LogP contribution in [0.2, 0.25) is 0 Å². The topological polar surface area (TPSA) is 77.1 Å². The molecule has 148 valence electrons. The Hall–Kier alpha value is -3.06. The second-order valence-corrected chi connectivity index (χ2v) is 6.41. The fourth-order valence-corrected chi connectivity index (χ4v) is 2.83. The number of carbonyl (C=O) groups excluding carboxylic acids is 2. The third-order valence-electron chi connectivity index (χ3n) is 4.49. The van der Waals surface area contributed by atoms with Crippen LogP contribution < -0.4 is 15.0 Å². The molecule has 2 aromatic carbocycles. The lowest BCUT2D eigenvalue weighted by atomic mass is 10.2. The average Bonchev–Trinajstić information content (AvgIpc) is 2.75. The number of hydrogen-bond donors (Lipinski definition) is 1. The molecule has 0 aromatic heterocycles. The molecule has 1 saturated heterocycles. The van der Waals surface area contributed by atoms with E-state index in [1.807, 2.05) is 24.3 Å². The summed E-state index contributed by atoms with van der Waals surface area (Å²) in [5.74, 6) is -0.308. The van der Waals surface area contributed by atoms with E-state index in [1.54, 1.807) is 38.3 Å². The van der Waals surface area contributed by atoms with Gasteiger partial charge in [0.05, 0.1) is 25.9 Å². The highest BCUT2D eigenvalue weighted by Gasteiger charge is 2.19. The molecule has 1 aliphatic heterocycles. The van der Waals surface area contributed by atoms with Crippen molar-refractivity contribution in [2.75, 3.05) is 43.6 Å². The van der Waals surface area contributed by atoms with Gasteiger partial charge in [-0.1, -0.05) is 0 Å². The molecule has 0 aliphatic carbocycles. The number of hydrogen-bond acceptors (Lipinski definition) is 6. The number of rotatable bonds is 6. The molecule has 1 heterocycles. The van der Waals surface area contributed by atoms with Gasteiger partial charge in [-0.3, -0.25) is 4.79 Å². The monoisotopic (exact) mass is 384 g/mol. The summed E-state index contributed by atoms with van der Waals surface area (Å²) in [6.07, 6.45) is -0.923. The highest BCUT2D eigenvalue weighted by Crippen LogP contribution is 2.19. The zero-order valence-corrected chi connectivity index (χ0v) is 16.0. The normalized spacial score (nSPS) is 14.9. The summed E-state index contributed by atoms with van der Waals surface area (Å²) in [5, 5.41) is 2.77. The van der Waals surface area contributed by atoms with Crippen molar-refractivity contribution in [3.05, 3.63) is 54.1 Å². The molecule has 0 radical (unpaired) electrons. The van der Waals surface area contributed by atoms with Crippen LogP contribution in [0.15, 0.2) is 48.5 Å². The van der Waals surface area contributed by atoms with Crippen LogP contribution in [0.5, 0.6) is 5.75 Å². The largest absolute Gasteiger partial charge is 0.497 e. The van der Waals surface area contributed by atoms with Gasteiger partial charge in [-0.05, 0) is 55.5 Å². The molecule has 28 heavy (non-hydrogen) atoms. The summed E-state index contributed by atoms with van der Waals surface area (Å²) in [6, 6.07) is 14.1. The van der Waals surface area contributed by atoms with Gasteiger partial charge in [0.15, 0.2) is 6.10 Å². The summed E-state index contributed by atoms with van der Waals surface area (Å²) in [7, 11) is 1.55. The van der Waals surface area contributed by atoms with Crippen LogP contribution in [0.3, 0.4) is 0 Å². The zero-order valence-electron chi connectivity index (χ0n) is 16.0. The maximum Gasteiger partial charge on any atom is 0.338 e. The first-order valence-corrected chi connectivity index (χ1v) is 9.15. The molecular weight excluding hydrogens is 360 g/mol. The van der Waals surface area contributed by atoms with Crippen molar-refractivity contribution in [3.63, 3.8) is 0 Å². The molecule has 1 N–H and O–H groups in total. The zero-order chi connectivity index (χ0) is 19.9. The minimum atomic E-state index is -0.923. The number of morpholine rings is 1. The molecular formula is C21H24N2O5. The standard InChI is InChI=1S/C21H24N2O5/c1-15(28-21(25)16-3-9-19(26-2)10-4-16)20(24)22-17-5-7-18(8-6-17)23-11-13-27-14-12-23/h3-10,15H,11-14H2,1-2H3,(H,22,24)/t15-/m0/s1. The Labute approximate surface area is 164 Å². The van der Waals surface area contributed by atoms with E-state index in [2.05, 4.69) is 10.2 Å². The number of amides is 1. The van der Waals surface area contributed by atoms with Gasteiger partial charge in [-0.15, -0.1) is 0 Å². The first-order valence-electron chi connectivity index (χ1n) is 9.15. The van der Waals surface area contributed by atoms with Gasteiger partial charge < -0.3 is 24.4 Å². The van der Waals surface area contributed by atoms with Crippen molar-refractivity contribution in [1.29, 1.82) is 0 Å². The molecule has 2 aromatic rings. The van der Waals surface area contributed by atoms with Gasteiger partial charge in [0.2, 0.25) is 0 Å². The molecule has 7 nitrogen and oxygen atoms in total. The van der Waals surface area contributed by atoms with E-state index in [0.29, 0.717) is 17.0 Å². The summed E-state index contributed by atoms with van der Waals surface area (Å²) in [5.41, 5.74) is 2.09. The number of benzene rings is 2. The Balaban J connectivity index is 1.53. The molecule has 1 amide bonds. The van der Waals surface area contributed by atoms with Crippen molar-refractivity contribution in [1.82, 2.24) is 0 Å². The van der Waals surface area contributed by atoms with Crippen molar-refractivity contribution < 1.29 is 23.8 Å². The molecule has 0 saturated carbocycles. The lowest BCUT2D eigenvalue weighted by Gasteiger charge is -2.28. The molecule has 7 heteroatoms. The van der Waals surface area contributed by atoms with Crippen LogP contribution in [0, 0.1) is 0 Å². The minimum absolute atomic E-state index is 0.357. The lowest BCUT2D eigenvalue weighted by molar-refractivity contribution is -0.123. The number of carbonyl (C=O) groups is 2. The first kappa shape index (κ1) is 19.7. The molecule has 1 aliphatic rings. The number of nitrogens with zero attached hydrogens (tertiary/aromatic N) is 1. The van der Waals surface area contributed by atoms with Crippen molar-refractivity contribution in [2.24, 2.45) is 0 Å². The maximum absolute atomic E-state index is 12.3. The van der Waals surface area contributed by atoms with E-state index in [9.17, 15) is 9.59 Å². The molecule has 0 spiro atoms. The molecule has 3 rings (SSSR count). The van der Waals surface area contributed by atoms with E-state index >= 15 is 0 Å². The SMILES string of the molecule is COc1ccc(C(=O)O[C@@H](C)C(=O)Nc2ccc(N3CCOCC3)cc2)cc1. The number of nitrogens with one attached hydrogen (secondary N) is 1. The van der Waals surface area contributed by atoms with Gasteiger partial charge in [-0.2, -0.15) is 0 Å². The highest BCUT2D eigenvalue weighted by atomic mass is 16.5. The average molecular weight is 384 g/mol. The number of anilines is 2. The predicted molar refractivity (Wildman–Crippen MR) is 106 cm³/mol. The van der Waals surface area contributed by atoms with Crippen LogP contribution in [-0.2, 0) is 14.3 Å². The summed E-state index contributed by atoms with van der Waals surface area (Å²) in [6.45, 7) is 4.68. The third-order valence-corrected chi connectivity index (χ3v) is 4.49. The fraction of sp³-hybridized carbons (Fsp3) is 0.333. The van der Waals surface area contributed by atoms with E-state index in [4.69, 9.17) is 14.2 Å². The Kier molecular flexibility index (Phi) is 6.49. The van der Waals surface area contributed by atoms with Crippen molar-refractivity contribution in [2.45, 2.75) is 13.0 Å². The van der Waals surface area contributed by atoms with E-state index in [0.717, 1.165) is 32.0 Å². The predicted octanol–water partition coefficient (Wildman–Crippen LogP) is 2.72. The number of methoxy groups -OCH3 is 1. The van der Waals surface area contributed by atoms with Crippen LogP contribution in [0.25, 0.3) is 0 Å². The Morgan fingerprint density at radius 2 is 1.68 bits per heavy atom. The van der Waals surface area contributed by atoms with Gasteiger partial charge in [0.25, 0.3) is 5.91 Å². The number of ether oxygens (including phenoxy) is 3. The Morgan fingerprint density at radius 3 is 2.29 bits per heavy atom. The van der Waals surface area contributed by atoms with Crippen LogP contribution in [-0.4, -0.2) is 51.4 Å². The lowest BCUT2D eigenvalue weighted by Crippen LogP contribution is -2.36. The van der Waals surface area contributed by atoms with Gasteiger partial charge >= 0.3 is 5.97 Å². The molecule has 0 unspecified atom stereocenters. The number of esters is 1. The van der Waals surface area contributed by atoms with E-state index in [-0.39, 0.29) is 5.91 Å². The molecule has 1 fully saturated rings. The van der Waals surface area contributed by atoms with Gasteiger partial charge in [0, 0.05) is 24.5 Å². The Morgan fingerprint density at radius 1 is 1.04 bits per heavy atom.